The van der Waals surface area contributed by atoms with Crippen molar-refractivity contribution in [2.24, 2.45) is 5.92 Å². The van der Waals surface area contributed by atoms with Crippen molar-refractivity contribution >= 4 is 11.9 Å². The van der Waals surface area contributed by atoms with Crippen LogP contribution in [0.25, 0.3) is 0 Å². The highest BCUT2D eigenvalue weighted by Gasteiger charge is 2.36. The molecular weight excluding hydrogens is 268 g/mol. The molecular formula is C16H24N2O3. The summed E-state index contributed by atoms with van der Waals surface area (Å²) >= 11 is 0. The molecule has 5 nitrogen and oxygen atoms in total. The van der Waals surface area contributed by atoms with E-state index < -0.39 is 11.9 Å². The molecule has 116 valence electrons. The van der Waals surface area contributed by atoms with E-state index in [-0.39, 0.29) is 11.9 Å². The maximum atomic E-state index is 12.8. The number of likely N-dealkylation sites (tertiary alicyclic amines) is 1. The van der Waals surface area contributed by atoms with Crippen molar-refractivity contribution in [2.75, 3.05) is 6.54 Å². The summed E-state index contributed by atoms with van der Waals surface area (Å²) < 4.78 is 2.11. The summed E-state index contributed by atoms with van der Waals surface area (Å²) in [4.78, 5) is 25.8. The summed E-state index contributed by atoms with van der Waals surface area (Å²) in [5.41, 5.74) is 2.73. The molecule has 21 heavy (non-hydrogen) atoms. The highest BCUT2D eigenvalue weighted by Crippen LogP contribution is 2.27. The quantitative estimate of drug-likeness (QED) is 0.930. The molecule has 2 rings (SSSR count). The molecule has 0 spiro atoms. The number of amides is 1. The van der Waals surface area contributed by atoms with Crippen LogP contribution in [0.1, 0.15) is 48.4 Å². The van der Waals surface area contributed by atoms with E-state index >= 15 is 0 Å². The normalized spacial score (nSPS) is 22.4. The van der Waals surface area contributed by atoms with Crippen LogP contribution in [-0.4, -0.2) is 39.0 Å². The van der Waals surface area contributed by atoms with E-state index in [0.717, 1.165) is 24.4 Å². The number of hydrogen-bond donors (Lipinski definition) is 1. The van der Waals surface area contributed by atoms with E-state index in [9.17, 15) is 14.7 Å². The summed E-state index contributed by atoms with van der Waals surface area (Å²) in [6, 6.07) is 1.66. The molecule has 5 heteroatoms. The molecule has 2 atom stereocenters. The molecule has 1 aromatic heterocycles. The third-order valence-electron chi connectivity index (χ3n) is 4.69. The fourth-order valence-electron chi connectivity index (χ4n) is 3.42. The number of aromatic nitrogens is 1. The molecule has 1 aliphatic rings. The summed E-state index contributed by atoms with van der Waals surface area (Å²) in [5.74, 6) is -1.31. The molecule has 1 aromatic rings. The van der Waals surface area contributed by atoms with Crippen LogP contribution in [0.5, 0.6) is 0 Å². The molecule has 1 fully saturated rings. The Hall–Kier alpha value is -1.78. The first-order valence-corrected chi connectivity index (χ1v) is 7.59. The second-order valence-electron chi connectivity index (χ2n) is 5.86. The maximum Gasteiger partial charge on any atom is 0.308 e. The highest BCUT2D eigenvalue weighted by molar-refractivity contribution is 5.96. The van der Waals surface area contributed by atoms with Gasteiger partial charge in [-0.25, -0.2) is 0 Å². The number of aryl methyl sites for hydroxylation is 1. The van der Waals surface area contributed by atoms with Gasteiger partial charge in [0.05, 0.1) is 11.5 Å². The minimum absolute atomic E-state index is 0.0405. The number of rotatable bonds is 3. The Kier molecular flexibility index (Phi) is 4.40. The Bertz CT molecular complexity index is 562. The number of carbonyl (C=O) groups excluding carboxylic acids is 1. The Labute approximate surface area is 125 Å². The number of carbonyl (C=O) groups is 2. The number of hydrogen-bond acceptors (Lipinski definition) is 2. The largest absolute Gasteiger partial charge is 0.481 e. The lowest BCUT2D eigenvalue weighted by Gasteiger charge is -2.37. The smallest absolute Gasteiger partial charge is 0.308 e. The van der Waals surface area contributed by atoms with Gasteiger partial charge in [-0.3, -0.25) is 9.59 Å². The van der Waals surface area contributed by atoms with Gasteiger partial charge in [0.25, 0.3) is 5.91 Å². The van der Waals surface area contributed by atoms with Crippen molar-refractivity contribution < 1.29 is 14.7 Å². The Morgan fingerprint density at radius 2 is 2.05 bits per heavy atom. The van der Waals surface area contributed by atoms with E-state index in [1.165, 1.54) is 0 Å². The zero-order valence-electron chi connectivity index (χ0n) is 13.2. The van der Waals surface area contributed by atoms with Gasteiger partial charge < -0.3 is 14.6 Å². The molecule has 0 aromatic carbocycles. The van der Waals surface area contributed by atoms with Gasteiger partial charge in [-0.1, -0.05) is 0 Å². The third kappa shape index (κ3) is 2.69. The molecule has 0 bridgehead atoms. The summed E-state index contributed by atoms with van der Waals surface area (Å²) in [6.07, 6.45) is 1.40. The number of aliphatic carboxylic acids is 1. The number of carboxylic acid groups (broad SMARTS) is 1. The van der Waals surface area contributed by atoms with Crippen molar-refractivity contribution in [1.29, 1.82) is 0 Å². The van der Waals surface area contributed by atoms with Crippen LogP contribution >= 0.6 is 0 Å². The first-order valence-electron chi connectivity index (χ1n) is 7.59. The van der Waals surface area contributed by atoms with Crippen LogP contribution in [0.4, 0.5) is 0 Å². The van der Waals surface area contributed by atoms with Gasteiger partial charge in [0, 0.05) is 30.5 Å². The maximum absolute atomic E-state index is 12.8. The van der Waals surface area contributed by atoms with E-state index in [4.69, 9.17) is 0 Å². The lowest BCUT2D eigenvalue weighted by molar-refractivity contribution is -0.144. The monoisotopic (exact) mass is 292 g/mol. The van der Waals surface area contributed by atoms with Crippen LogP contribution in [0.15, 0.2) is 6.07 Å². The summed E-state index contributed by atoms with van der Waals surface area (Å²) in [6.45, 7) is 9.31. The van der Waals surface area contributed by atoms with Crippen molar-refractivity contribution in [2.45, 2.75) is 53.1 Å². The van der Waals surface area contributed by atoms with Gasteiger partial charge >= 0.3 is 5.97 Å². The van der Waals surface area contributed by atoms with Gasteiger partial charge in [-0.15, -0.1) is 0 Å². The number of piperidine rings is 1. The molecule has 0 unspecified atom stereocenters. The number of nitrogens with zero attached hydrogens (tertiary/aromatic N) is 2. The Balaban J connectivity index is 2.29. The van der Waals surface area contributed by atoms with Crippen molar-refractivity contribution in [3.05, 3.63) is 23.0 Å². The number of carboxylic acids is 1. The molecule has 0 radical (unpaired) electrons. The molecule has 1 saturated heterocycles. The average Bonchev–Trinajstić information content (AvgIpc) is 2.72. The van der Waals surface area contributed by atoms with E-state index in [2.05, 4.69) is 11.5 Å². The van der Waals surface area contributed by atoms with Crippen LogP contribution < -0.4 is 0 Å². The van der Waals surface area contributed by atoms with Crippen LogP contribution in [0.2, 0.25) is 0 Å². The van der Waals surface area contributed by atoms with Crippen molar-refractivity contribution in [1.82, 2.24) is 9.47 Å². The van der Waals surface area contributed by atoms with E-state index in [1.807, 2.05) is 26.8 Å². The highest BCUT2D eigenvalue weighted by atomic mass is 16.4. The third-order valence-corrected chi connectivity index (χ3v) is 4.69. The van der Waals surface area contributed by atoms with Crippen molar-refractivity contribution in [3.63, 3.8) is 0 Å². The predicted molar refractivity (Wildman–Crippen MR) is 80.4 cm³/mol. The molecule has 2 heterocycles. The second kappa shape index (κ2) is 5.92. The molecule has 1 amide bonds. The van der Waals surface area contributed by atoms with Gasteiger partial charge in [0.1, 0.15) is 0 Å². The lowest BCUT2D eigenvalue weighted by Crippen LogP contribution is -2.49. The lowest BCUT2D eigenvalue weighted by atomic mass is 9.90. The molecule has 0 aliphatic carbocycles. The molecule has 1 aliphatic heterocycles. The second-order valence-corrected chi connectivity index (χ2v) is 5.86. The Morgan fingerprint density at radius 1 is 1.38 bits per heavy atom. The first-order chi connectivity index (χ1) is 9.88. The minimum atomic E-state index is -0.806. The van der Waals surface area contributed by atoms with Crippen LogP contribution in [0.3, 0.4) is 0 Å². The minimum Gasteiger partial charge on any atom is -0.481 e. The fraction of sp³-hybridized carbons (Fsp3) is 0.625. The Morgan fingerprint density at radius 3 is 2.57 bits per heavy atom. The van der Waals surface area contributed by atoms with E-state index in [0.29, 0.717) is 18.5 Å². The summed E-state index contributed by atoms with van der Waals surface area (Å²) in [7, 11) is 0. The van der Waals surface area contributed by atoms with Gasteiger partial charge in [0.15, 0.2) is 0 Å². The molecule has 1 N–H and O–H groups in total. The van der Waals surface area contributed by atoms with Gasteiger partial charge in [0.2, 0.25) is 0 Å². The zero-order valence-corrected chi connectivity index (χ0v) is 13.2. The van der Waals surface area contributed by atoms with Gasteiger partial charge in [-0.2, -0.15) is 0 Å². The SMILES string of the molecule is CCn1c(C)cc(C(=O)N2CCC[C@H](C(=O)O)[C@@H]2C)c1C. The van der Waals surface area contributed by atoms with E-state index in [1.54, 1.807) is 4.90 Å². The standard InChI is InChI=1S/C16H24N2O3/c1-5-17-10(2)9-14(12(17)4)15(19)18-8-6-7-13(11(18)3)16(20)21/h9,11,13H,5-8H2,1-4H3,(H,20,21)/t11-,13-/m0/s1. The average molecular weight is 292 g/mol. The topological polar surface area (TPSA) is 62.5 Å². The molecule has 0 saturated carbocycles. The fourth-order valence-corrected chi connectivity index (χ4v) is 3.42. The van der Waals surface area contributed by atoms with Crippen LogP contribution in [-0.2, 0) is 11.3 Å². The van der Waals surface area contributed by atoms with Crippen molar-refractivity contribution in [3.8, 4) is 0 Å². The summed E-state index contributed by atoms with van der Waals surface area (Å²) in [5, 5.41) is 9.28. The first kappa shape index (κ1) is 15.6. The van der Waals surface area contributed by atoms with Gasteiger partial charge in [-0.05, 0) is 46.6 Å². The van der Waals surface area contributed by atoms with Crippen LogP contribution in [0, 0.1) is 19.8 Å². The predicted octanol–water partition coefficient (Wildman–Crippen LogP) is 2.45. The zero-order chi connectivity index (χ0) is 15.7.